The van der Waals surface area contributed by atoms with Crippen LogP contribution in [0.4, 0.5) is 0 Å². The van der Waals surface area contributed by atoms with E-state index in [1.165, 1.54) is 31.2 Å². The van der Waals surface area contributed by atoms with Crippen LogP contribution in [-0.4, -0.2) is 220 Å². The van der Waals surface area contributed by atoms with Crippen LogP contribution < -0.4 is 70.8 Å². The van der Waals surface area contributed by atoms with E-state index in [4.69, 9.17) is 15.0 Å². The van der Waals surface area contributed by atoms with E-state index in [1.807, 2.05) is 10.6 Å². The van der Waals surface area contributed by atoms with Crippen LogP contribution in [-0.2, 0) is 44.0 Å². The van der Waals surface area contributed by atoms with Crippen molar-refractivity contribution in [2.75, 3.05) is 19.7 Å². The Morgan fingerprint density at radius 1 is 0.800 bits per heavy atom. The van der Waals surface area contributed by atoms with Crippen molar-refractivity contribution in [2.45, 2.75) is 145 Å². The molecule has 0 aliphatic carbocycles. The van der Waals surface area contributed by atoms with Crippen molar-refractivity contribution in [3.63, 3.8) is 0 Å². The molecule has 34 heteroatoms. The van der Waals surface area contributed by atoms with E-state index in [-0.39, 0.29) is 35.1 Å². The zero-order chi connectivity index (χ0) is 65.3. The number of primary amides is 1. The number of phenolic OH excluding ortho intramolecular Hbond substituents is 1. The number of nitrogens with zero attached hydrogens (tertiary/aromatic N) is 3. The third kappa shape index (κ3) is 17.8. The summed E-state index contributed by atoms with van der Waals surface area (Å²) in [6.07, 6.45) is -17.3. The molecule has 1 aromatic heterocycles. The fourth-order valence-corrected chi connectivity index (χ4v) is 10.7. The van der Waals surface area contributed by atoms with Gasteiger partial charge in [-0.15, -0.1) is 0 Å². The molecule has 0 saturated carbocycles. The van der Waals surface area contributed by atoms with Gasteiger partial charge in [-0.3, -0.25) is 38.4 Å². The number of aromatic nitrogens is 1. The number of unbranched alkanes of at least 4 members (excludes halogenated alkanes) is 2. The van der Waals surface area contributed by atoms with E-state index < -0.39 is 198 Å². The van der Waals surface area contributed by atoms with Gasteiger partial charge >= 0.3 is 29.6 Å². The minimum absolute atomic E-state index is 0. The summed E-state index contributed by atoms with van der Waals surface area (Å²) in [6, 6.07) is 3.38. The summed E-state index contributed by atoms with van der Waals surface area (Å²) >= 11 is 0. The number of aromatic hydroxyl groups is 1. The Bertz CT molecular complexity index is 3340. The number of nitrogens with two attached hydrogens (primary N) is 1. The number of amides is 8. The summed E-state index contributed by atoms with van der Waals surface area (Å²) in [5, 5.41) is 116. The van der Waals surface area contributed by atoms with Crippen LogP contribution in [0.3, 0.4) is 0 Å². The summed E-state index contributed by atoms with van der Waals surface area (Å²) in [6.45, 7) is 3.72. The van der Waals surface area contributed by atoms with Crippen molar-refractivity contribution in [1.82, 2.24) is 41.5 Å². The van der Waals surface area contributed by atoms with Gasteiger partial charge in [0, 0.05) is 54.6 Å². The van der Waals surface area contributed by atoms with Crippen LogP contribution in [0.1, 0.15) is 81.3 Å². The van der Waals surface area contributed by atoms with Crippen molar-refractivity contribution >= 4 is 57.7 Å². The van der Waals surface area contributed by atoms with Gasteiger partial charge < -0.3 is 106 Å². The molecular formula is C56H70N9NaO23S. The number of nitrogens with one attached hydrogen (secondary N) is 5. The zero-order valence-corrected chi connectivity index (χ0v) is 51.8. The van der Waals surface area contributed by atoms with E-state index in [1.54, 1.807) is 30.3 Å². The van der Waals surface area contributed by atoms with Gasteiger partial charge in [0.05, 0.1) is 37.4 Å². The number of rotatable bonds is 18. The van der Waals surface area contributed by atoms with Crippen LogP contribution in [0.2, 0.25) is 0 Å². The molecule has 0 spiro atoms. The normalized spacial score (nSPS) is 26.2. The van der Waals surface area contributed by atoms with Gasteiger partial charge in [-0.25, -0.2) is 8.42 Å². The van der Waals surface area contributed by atoms with Gasteiger partial charge in [0.1, 0.15) is 66.0 Å². The van der Waals surface area contributed by atoms with Gasteiger partial charge in [-0.2, -0.15) is 0 Å². The molecule has 32 nitrogen and oxygen atoms in total. The molecule has 8 amide bonds. The Balaban J connectivity index is 0.0000129. The molecule has 4 heterocycles. The first kappa shape index (κ1) is 71.7. The number of benzene rings is 3. The molecule has 3 saturated heterocycles. The van der Waals surface area contributed by atoms with Crippen molar-refractivity contribution in [2.24, 2.45) is 11.7 Å². The molecule has 15 atom stereocenters. The van der Waals surface area contributed by atoms with Gasteiger partial charge in [0.2, 0.25) is 41.4 Å². The number of aliphatic hydroxyl groups is 8. The number of aliphatic hydroxyl groups excluding tert-OH is 8. The monoisotopic (exact) mass is 1290 g/mol. The minimum Gasteiger partial charge on any atom is -0.716 e. The van der Waals surface area contributed by atoms with Gasteiger partial charge in [-0.1, -0.05) is 50.0 Å². The molecule has 90 heavy (non-hydrogen) atoms. The number of phenols is 1. The first-order chi connectivity index (χ1) is 42.0. The quantitative estimate of drug-likeness (QED) is 0.0190. The largest absolute Gasteiger partial charge is 1.00 e. The Hall–Kier alpha value is -7.38. The molecule has 484 valence electrons. The van der Waals surface area contributed by atoms with Crippen LogP contribution in [0.5, 0.6) is 17.2 Å². The summed E-state index contributed by atoms with van der Waals surface area (Å²) in [5.41, 5.74) is 6.13. The van der Waals surface area contributed by atoms with Crippen LogP contribution in [0.15, 0.2) is 77.3 Å². The maximum atomic E-state index is 14.7. The van der Waals surface area contributed by atoms with Gasteiger partial charge in [-0.05, 0) is 67.4 Å². The predicted molar refractivity (Wildman–Crippen MR) is 302 cm³/mol. The Kier molecular flexibility index (Phi) is 24.8. The van der Waals surface area contributed by atoms with Crippen LogP contribution >= 0.6 is 0 Å². The van der Waals surface area contributed by atoms with Gasteiger partial charge in [0.25, 0.3) is 16.3 Å². The maximum Gasteiger partial charge on any atom is 1.00 e. The second kappa shape index (κ2) is 31.1. The van der Waals surface area contributed by atoms with Crippen molar-refractivity contribution in [3.05, 3.63) is 83.9 Å². The molecule has 0 unspecified atom stereocenters. The van der Waals surface area contributed by atoms with Crippen LogP contribution in [0, 0.1) is 5.92 Å². The van der Waals surface area contributed by atoms with E-state index in [2.05, 4.69) is 32.2 Å². The minimum atomic E-state index is -5.60. The first-order valence-corrected chi connectivity index (χ1v) is 29.4. The number of hydrogen-bond donors (Lipinski definition) is 15. The molecule has 0 bridgehead atoms. The molecule has 4 aromatic rings. The number of ether oxygens (including phenoxy) is 1. The Morgan fingerprint density at radius 2 is 1.43 bits per heavy atom. The SMILES string of the molecule is CCCCCOc1ccc(-c2cc(-c3ccc(C(=O)N[C@@H]4C[C@@H](O)[C@H](O)NC(=O)[C@@H]5[C@@H](O)[C@@H](C)CN5C(=O)[C@H]([C@H](O)CC(N)=O)NC(=O)[C@H]([C@H](O)[C@@H](O)c5ccc(O)c(OS(=O)(=O)[O-])c5)NC(=O)[C@@H]5C[C@@H](O)CN5C(=O)[C@H]([C@@H](C)O)NC4=O)cc3)no2)cc1.[Na+]. The molecular weight excluding hydrogens is 1220 g/mol. The number of carbonyl (C=O) groups excluding carboxylic acids is 8. The number of carbonyl (C=O) groups is 8. The summed E-state index contributed by atoms with van der Waals surface area (Å²) in [7, 11) is -5.60. The van der Waals surface area contributed by atoms with Crippen molar-refractivity contribution < 1.29 is 140 Å². The van der Waals surface area contributed by atoms with E-state index >= 15 is 0 Å². The third-order valence-electron chi connectivity index (χ3n) is 15.2. The topological polar surface area (TPSA) is 513 Å². The molecule has 3 aromatic carbocycles. The molecule has 3 aliphatic rings. The van der Waals surface area contributed by atoms with Crippen molar-refractivity contribution in [1.29, 1.82) is 0 Å². The predicted octanol–water partition coefficient (Wildman–Crippen LogP) is -7.24. The maximum absolute atomic E-state index is 14.7. The fraction of sp³-hybridized carbons (Fsp3) is 0.482. The number of hydrogen-bond acceptors (Lipinski definition) is 24. The number of fused-ring (bicyclic) bond motifs is 2. The third-order valence-corrected chi connectivity index (χ3v) is 15.6. The second-order valence-electron chi connectivity index (χ2n) is 21.9. The zero-order valence-electron chi connectivity index (χ0n) is 49.0. The molecule has 16 N–H and O–H groups in total. The molecule has 7 rings (SSSR count). The first-order valence-electron chi connectivity index (χ1n) is 28.1. The summed E-state index contributed by atoms with van der Waals surface area (Å²) in [4.78, 5) is 115. The smallest absolute Gasteiger partial charge is 0.716 e. The van der Waals surface area contributed by atoms with Crippen molar-refractivity contribution in [3.8, 4) is 39.8 Å². The summed E-state index contributed by atoms with van der Waals surface area (Å²) in [5.74, 6) is -13.0. The Labute approximate surface area is 536 Å². The fourth-order valence-electron chi connectivity index (χ4n) is 10.3. The Morgan fingerprint density at radius 3 is 2.07 bits per heavy atom. The molecule has 3 aliphatic heterocycles. The van der Waals surface area contributed by atoms with E-state index in [0.717, 1.165) is 32.3 Å². The molecule has 0 radical (unpaired) electrons. The summed E-state index contributed by atoms with van der Waals surface area (Å²) < 4.78 is 49.9. The average Bonchev–Trinajstić information content (AvgIpc) is 2.24. The van der Waals surface area contributed by atoms with Crippen LogP contribution in [0.25, 0.3) is 22.6 Å². The molecule has 3 fully saturated rings. The second-order valence-corrected chi connectivity index (χ2v) is 22.9. The van der Waals surface area contributed by atoms with Gasteiger partial charge in [0.15, 0.2) is 23.5 Å². The standard InChI is InChI=1S/C56H71N9O23S.Na/c1-4-5-6-17-86-32-14-11-28(12-15-32)39-21-33(63-87-39)27-7-9-29(10-8-27)49(75)58-34-20-38(70)52(78)62-54(80)45-46(72)25(2)23-65(45)56(82)43(37(69)22-41(57)71)60-53(79)44(48(74)47(73)30-13-16-36(68)40(18-30)88-89(83,84)85)61-51(77)35-19-31(67)24-64(35)55(81)42(26(3)66)59-50(34)76;/h7-16,18,21,25-26,31,34-35,37-38,42-48,52,66-70,72-74,78H,4-6,17,19-20,22-24H2,1-3H3,(H2,57,71)(H,58,75)(H,59,76)(H,60,79)(H,61,77)(H,62,80)(H,83,84,85);/q;+1/p-1/t25-,26+,31+,34+,35-,37+,38+,42-,43-,44-,45-,46-,47-,48-,52-;/m0./s1. The average molecular weight is 1290 g/mol. The van der Waals surface area contributed by atoms with E-state index in [9.17, 15) is 97.3 Å². The van der Waals surface area contributed by atoms with E-state index in [0.29, 0.717) is 56.9 Å².